The maximum atomic E-state index is 5.95. The average molecular weight is 307 g/mol. The maximum absolute atomic E-state index is 5.95. The predicted octanol–water partition coefficient (Wildman–Crippen LogP) is 2.44. The summed E-state index contributed by atoms with van der Waals surface area (Å²) in [7, 11) is 1.89. The molecule has 0 fully saturated rings. The molecule has 2 rings (SSSR count). The van der Waals surface area contributed by atoms with E-state index in [1.54, 1.807) is 12.4 Å². The Morgan fingerprint density at radius 3 is 2.67 bits per heavy atom. The number of halogens is 1. The van der Waals surface area contributed by atoms with Gasteiger partial charge in [-0.25, -0.2) is 4.98 Å². The van der Waals surface area contributed by atoms with Gasteiger partial charge in [-0.05, 0) is 53.7 Å². The third kappa shape index (κ3) is 2.68. The van der Waals surface area contributed by atoms with Crippen molar-refractivity contribution < 1.29 is 0 Å². The highest BCUT2D eigenvalue weighted by atomic mass is 79.9. The van der Waals surface area contributed by atoms with E-state index in [0.717, 1.165) is 21.3 Å². The van der Waals surface area contributed by atoms with Crippen LogP contribution in [0.5, 0.6) is 0 Å². The van der Waals surface area contributed by atoms with Crippen molar-refractivity contribution in [1.82, 2.24) is 15.3 Å². The molecule has 1 atom stereocenters. The number of nitrogen functional groups attached to an aromatic ring is 1. The predicted molar refractivity (Wildman–Crippen MR) is 76.2 cm³/mol. The minimum Gasteiger partial charge on any atom is -0.383 e. The van der Waals surface area contributed by atoms with E-state index in [0.29, 0.717) is 5.82 Å². The zero-order valence-corrected chi connectivity index (χ0v) is 11.9. The van der Waals surface area contributed by atoms with Crippen LogP contribution in [0, 0.1) is 6.92 Å². The average Bonchev–Trinajstić information content (AvgIpc) is 2.37. The molecular formula is C13H15BrN4. The molecule has 5 heteroatoms. The van der Waals surface area contributed by atoms with Crippen LogP contribution in [0.2, 0.25) is 0 Å². The van der Waals surface area contributed by atoms with Crippen LogP contribution in [-0.4, -0.2) is 17.0 Å². The van der Waals surface area contributed by atoms with Crippen LogP contribution in [0.4, 0.5) is 5.82 Å². The van der Waals surface area contributed by atoms with Gasteiger partial charge in [0.15, 0.2) is 0 Å². The van der Waals surface area contributed by atoms with Crippen LogP contribution in [-0.2, 0) is 0 Å². The molecule has 0 amide bonds. The Balaban J connectivity index is 2.44. The number of aromatic nitrogens is 2. The van der Waals surface area contributed by atoms with E-state index in [1.165, 1.54) is 0 Å². The third-order valence-electron chi connectivity index (χ3n) is 2.73. The first-order valence-electron chi connectivity index (χ1n) is 5.62. The highest BCUT2D eigenvalue weighted by molar-refractivity contribution is 9.10. The number of anilines is 1. The normalized spacial score (nSPS) is 12.4. The van der Waals surface area contributed by atoms with Gasteiger partial charge in [-0.1, -0.05) is 0 Å². The van der Waals surface area contributed by atoms with Gasteiger partial charge in [0.05, 0.1) is 11.7 Å². The molecule has 0 aliphatic heterocycles. The second kappa shape index (κ2) is 5.46. The van der Waals surface area contributed by atoms with E-state index in [4.69, 9.17) is 5.73 Å². The van der Waals surface area contributed by atoms with Gasteiger partial charge in [0.2, 0.25) is 0 Å². The molecule has 0 aromatic carbocycles. The summed E-state index contributed by atoms with van der Waals surface area (Å²) < 4.78 is 0.955. The van der Waals surface area contributed by atoms with E-state index in [1.807, 2.05) is 32.2 Å². The number of nitrogens with zero attached hydrogens (tertiary/aromatic N) is 2. The molecule has 2 heterocycles. The number of rotatable bonds is 3. The van der Waals surface area contributed by atoms with Crippen LogP contribution in [0.15, 0.2) is 35.1 Å². The summed E-state index contributed by atoms with van der Waals surface area (Å²) in [5, 5.41) is 3.22. The number of pyridine rings is 2. The van der Waals surface area contributed by atoms with Crippen molar-refractivity contribution in [2.75, 3.05) is 12.8 Å². The molecule has 0 aliphatic carbocycles. The van der Waals surface area contributed by atoms with Crippen molar-refractivity contribution in [2.24, 2.45) is 0 Å². The van der Waals surface area contributed by atoms with Crippen molar-refractivity contribution in [3.05, 3.63) is 51.9 Å². The van der Waals surface area contributed by atoms with Crippen LogP contribution < -0.4 is 11.1 Å². The summed E-state index contributed by atoms with van der Waals surface area (Å²) in [6, 6.07) is 5.91. The Morgan fingerprint density at radius 1 is 1.28 bits per heavy atom. The monoisotopic (exact) mass is 306 g/mol. The molecule has 1 unspecified atom stereocenters. The first-order chi connectivity index (χ1) is 8.61. The SMILES string of the molecule is CNC(c1ccc(Br)cn1)c1cc(C)cnc1N. The summed E-state index contributed by atoms with van der Waals surface area (Å²) in [4.78, 5) is 8.60. The molecule has 0 radical (unpaired) electrons. The molecule has 0 saturated carbocycles. The zero-order valence-electron chi connectivity index (χ0n) is 10.3. The lowest BCUT2D eigenvalue weighted by molar-refractivity contribution is 0.669. The standard InChI is InChI=1S/C13H15BrN4/c1-8-5-10(13(15)18-6-8)12(16-2)11-4-3-9(14)7-17-11/h3-7,12,16H,1-2H3,(H2,15,18). The molecule has 3 N–H and O–H groups in total. The molecule has 0 saturated heterocycles. The van der Waals surface area contributed by atoms with E-state index in [-0.39, 0.29) is 6.04 Å². The largest absolute Gasteiger partial charge is 0.383 e. The molecule has 0 bridgehead atoms. The van der Waals surface area contributed by atoms with E-state index in [2.05, 4.69) is 31.2 Å². The van der Waals surface area contributed by atoms with Crippen molar-refractivity contribution >= 4 is 21.7 Å². The highest BCUT2D eigenvalue weighted by Crippen LogP contribution is 2.25. The number of aryl methyl sites for hydroxylation is 1. The summed E-state index contributed by atoms with van der Waals surface area (Å²) in [5.74, 6) is 0.532. The molecule has 2 aromatic rings. The second-order valence-electron chi connectivity index (χ2n) is 4.11. The van der Waals surface area contributed by atoms with Gasteiger partial charge in [-0.3, -0.25) is 4.98 Å². The smallest absolute Gasteiger partial charge is 0.128 e. The molecule has 0 aliphatic rings. The molecule has 0 spiro atoms. The second-order valence-corrected chi connectivity index (χ2v) is 5.03. The quantitative estimate of drug-likeness (QED) is 0.914. The molecule has 4 nitrogen and oxygen atoms in total. The first kappa shape index (κ1) is 13.0. The van der Waals surface area contributed by atoms with Crippen molar-refractivity contribution in [2.45, 2.75) is 13.0 Å². The van der Waals surface area contributed by atoms with Gasteiger partial charge >= 0.3 is 0 Å². The Morgan fingerprint density at radius 2 is 2.06 bits per heavy atom. The molecule has 18 heavy (non-hydrogen) atoms. The lowest BCUT2D eigenvalue weighted by Crippen LogP contribution is -2.20. The van der Waals surface area contributed by atoms with Crippen molar-refractivity contribution in [3.63, 3.8) is 0 Å². The number of hydrogen-bond donors (Lipinski definition) is 2. The van der Waals surface area contributed by atoms with Gasteiger partial charge in [0.25, 0.3) is 0 Å². The lowest BCUT2D eigenvalue weighted by Gasteiger charge is -2.18. The van der Waals surface area contributed by atoms with Gasteiger partial charge < -0.3 is 11.1 Å². The summed E-state index contributed by atoms with van der Waals surface area (Å²) in [5.41, 5.74) is 8.89. The molecule has 2 aromatic heterocycles. The van der Waals surface area contributed by atoms with Crippen LogP contribution in [0.3, 0.4) is 0 Å². The van der Waals surface area contributed by atoms with Crippen LogP contribution in [0.25, 0.3) is 0 Å². The van der Waals surface area contributed by atoms with Gasteiger partial charge in [0, 0.05) is 22.4 Å². The fraction of sp³-hybridized carbons (Fsp3) is 0.231. The van der Waals surface area contributed by atoms with E-state index in [9.17, 15) is 0 Å². The number of nitrogens with one attached hydrogen (secondary N) is 1. The topological polar surface area (TPSA) is 63.8 Å². The lowest BCUT2D eigenvalue weighted by atomic mass is 10.0. The molecule has 94 valence electrons. The number of nitrogens with two attached hydrogens (primary N) is 1. The highest BCUT2D eigenvalue weighted by Gasteiger charge is 2.16. The van der Waals surface area contributed by atoms with E-state index >= 15 is 0 Å². The zero-order chi connectivity index (χ0) is 13.1. The van der Waals surface area contributed by atoms with Crippen molar-refractivity contribution in [1.29, 1.82) is 0 Å². The fourth-order valence-corrected chi connectivity index (χ4v) is 2.09. The number of hydrogen-bond acceptors (Lipinski definition) is 4. The summed E-state index contributed by atoms with van der Waals surface area (Å²) >= 11 is 3.38. The Hall–Kier alpha value is -1.46. The minimum absolute atomic E-state index is 0.0505. The Bertz CT molecular complexity index is 539. The Labute approximate surface area is 115 Å². The van der Waals surface area contributed by atoms with Crippen molar-refractivity contribution in [3.8, 4) is 0 Å². The van der Waals surface area contributed by atoms with Gasteiger partial charge in [-0.2, -0.15) is 0 Å². The fourth-order valence-electron chi connectivity index (χ4n) is 1.85. The van der Waals surface area contributed by atoms with Crippen LogP contribution in [0.1, 0.15) is 22.9 Å². The minimum atomic E-state index is -0.0505. The third-order valence-corrected chi connectivity index (χ3v) is 3.20. The summed E-state index contributed by atoms with van der Waals surface area (Å²) in [6.45, 7) is 2.00. The van der Waals surface area contributed by atoms with Gasteiger partial charge in [0.1, 0.15) is 5.82 Å². The van der Waals surface area contributed by atoms with Crippen LogP contribution >= 0.6 is 15.9 Å². The maximum Gasteiger partial charge on any atom is 0.128 e. The Kier molecular flexibility index (Phi) is 3.93. The van der Waals surface area contributed by atoms with Gasteiger partial charge in [-0.15, -0.1) is 0 Å². The first-order valence-corrected chi connectivity index (χ1v) is 6.42. The molecular weight excluding hydrogens is 292 g/mol. The summed E-state index contributed by atoms with van der Waals surface area (Å²) in [6.07, 6.45) is 3.54. The van der Waals surface area contributed by atoms with E-state index < -0.39 is 0 Å².